The smallest absolute Gasteiger partial charge is 0.251 e. The van der Waals surface area contributed by atoms with E-state index in [1.165, 1.54) is 6.07 Å². The van der Waals surface area contributed by atoms with Gasteiger partial charge in [0.15, 0.2) is 0 Å². The van der Waals surface area contributed by atoms with Crippen LogP contribution in [0.4, 0.5) is 15.8 Å². The van der Waals surface area contributed by atoms with Gasteiger partial charge in [-0.1, -0.05) is 6.92 Å². The van der Waals surface area contributed by atoms with E-state index in [9.17, 15) is 14.0 Å². The van der Waals surface area contributed by atoms with Crippen LogP contribution in [0.5, 0.6) is 0 Å². The fourth-order valence-electron chi connectivity index (χ4n) is 4.85. The van der Waals surface area contributed by atoms with Gasteiger partial charge < -0.3 is 20.6 Å². The highest BCUT2D eigenvalue weighted by Gasteiger charge is 2.47. The Bertz CT molecular complexity index is 1130. The van der Waals surface area contributed by atoms with E-state index in [-0.39, 0.29) is 54.2 Å². The lowest BCUT2D eigenvalue weighted by atomic mass is 9.79. The molecule has 0 spiro atoms. The number of anilines is 2. The summed E-state index contributed by atoms with van der Waals surface area (Å²) in [5, 5.41) is 24.0. The third kappa shape index (κ3) is 4.41. The highest BCUT2D eigenvalue weighted by atomic mass is 19.1. The molecule has 4 rings (SSSR count). The lowest BCUT2D eigenvalue weighted by molar-refractivity contribution is -0.117. The molecule has 1 aliphatic heterocycles. The number of aliphatic hydroxyl groups is 1. The summed E-state index contributed by atoms with van der Waals surface area (Å²) >= 11 is 0. The van der Waals surface area contributed by atoms with Gasteiger partial charge in [-0.2, -0.15) is 5.26 Å². The molecular weight excluding hydrogens is 423 g/mol. The molecule has 3 atom stereocenters. The fourth-order valence-corrected chi connectivity index (χ4v) is 4.85. The highest BCUT2D eigenvalue weighted by molar-refractivity contribution is 5.98. The van der Waals surface area contributed by atoms with Gasteiger partial charge in [-0.05, 0) is 60.7 Å². The molecule has 2 aromatic carbocycles. The van der Waals surface area contributed by atoms with Crippen molar-refractivity contribution in [1.82, 2.24) is 5.32 Å². The third-order valence-corrected chi connectivity index (χ3v) is 6.50. The second-order valence-electron chi connectivity index (χ2n) is 8.76. The molecular formula is C25H27FN4O3. The number of carbonyl (C=O) groups is 2. The van der Waals surface area contributed by atoms with E-state index in [0.29, 0.717) is 17.2 Å². The minimum absolute atomic E-state index is 0.0389. The second-order valence-corrected chi connectivity index (χ2v) is 8.76. The van der Waals surface area contributed by atoms with Crippen LogP contribution in [-0.4, -0.2) is 36.1 Å². The first-order valence-electron chi connectivity index (χ1n) is 11.1. The predicted octanol–water partition coefficient (Wildman–Crippen LogP) is 3.35. The van der Waals surface area contributed by atoms with E-state index in [1.807, 2.05) is 17.9 Å². The highest BCUT2D eigenvalue weighted by Crippen LogP contribution is 2.50. The first kappa shape index (κ1) is 22.7. The van der Waals surface area contributed by atoms with Crippen molar-refractivity contribution in [2.45, 2.75) is 38.8 Å². The lowest BCUT2D eigenvalue weighted by Gasteiger charge is -2.46. The normalized spacial score (nSPS) is 21.7. The van der Waals surface area contributed by atoms with Crippen molar-refractivity contribution in [2.75, 3.05) is 23.4 Å². The minimum atomic E-state index is -0.531. The number of amides is 2. The van der Waals surface area contributed by atoms with E-state index in [4.69, 9.17) is 10.4 Å². The molecule has 0 bridgehead atoms. The number of aliphatic hydroxyl groups excluding tert-OH is 1. The number of nitrogens with one attached hydrogen (secondary N) is 2. The molecule has 1 heterocycles. The molecule has 172 valence electrons. The zero-order valence-electron chi connectivity index (χ0n) is 18.6. The van der Waals surface area contributed by atoms with E-state index in [2.05, 4.69) is 10.6 Å². The van der Waals surface area contributed by atoms with Crippen LogP contribution in [0.2, 0.25) is 0 Å². The number of hydrogen-bond acceptors (Lipinski definition) is 5. The maximum atomic E-state index is 14.7. The summed E-state index contributed by atoms with van der Waals surface area (Å²) in [7, 11) is 0. The van der Waals surface area contributed by atoms with Crippen molar-refractivity contribution in [1.29, 1.82) is 5.26 Å². The Kier molecular flexibility index (Phi) is 6.34. The van der Waals surface area contributed by atoms with E-state index >= 15 is 0 Å². The van der Waals surface area contributed by atoms with Gasteiger partial charge in [-0.25, -0.2) is 4.39 Å². The van der Waals surface area contributed by atoms with Crippen molar-refractivity contribution in [3.8, 4) is 6.07 Å². The van der Waals surface area contributed by atoms with E-state index in [0.717, 1.165) is 18.4 Å². The zero-order valence-corrected chi connectivity index (χ0v) is 18.6. The molecule has 2 aliphatic rings. The van der Waals surface area contributed by atoms with Gasteiger partial charge in [0.25, 0.3) is 5.91 Å². The Balaban J connectivity index is 1.79. The molecule has 3 N–H and O–H groups in total. The Morgan fingerprint density at radius 3 is 2.61 bits per heavy atom. The summed E-state index contributed by atoms with van der Waals surface area (Å²) in [5.41, 5.74) is 2.34. The molecule has 2 amide bonds. The standard InChI is InChI=1S/C25H27FN4O3/c1-14-23(29-21-7-3-16(13-27)11-20(21)26)19-12-18(25(33)28-9-10-31)6-8-22(19)30(15(2)32)24(14)17-4-5-17/h3,6-8,11-12,14,17,23-24,29,31H,4-5,9-10H2,1-2H3,(H,28,33). The summed E-state index contributed by atoms with van der Waals surface area (Å²) in [4.78, 5) is 27.1. The summed E-state index contributed by atoms with van der Waals surface area (Å²) in [6, 6.07) is 11.0. The zero-order chi connectivity index (χ0) is 23.7. The molecule has 1 saturated carbocycles. The van der Waals surface area contributed by atoms with Crippen molar-refractivity contribution in [2.24, 2.45) is 11.8 Å². The van der Waals surface area contributed by atoms with Gasteiger partial charge in [0.1, 0.15) is 5.82 Å². The van der Waals surface area contributed by atoms with Crippen LogP contribution in [0, 0.1) is 29.0 Å². The third-order valence-electron chi connectivity index (χ3n) is 6.50. The molecule has 1 aliphatic carbocycles. The molecule has 8 heteroatoms. The molecule has 0 radical (unpaired) electrons. The number of nitrogens with zero attached hydrogens (tertiary/aromatic N) is 2. The number of hydrogen-bond donors (Lipinski definition) is 3. The summed E-state index contributed by atoms with van der Waals surface area (Å²) < 4.78 is 14.7. The molecule has 0 aromatic heterocycles. The number of halogens is 1. The Labute approximate surface area is 192 Å². The number of carbonyl (C=O) groups excluding carboxylic acids is 2. The average Bonchev–Trinajstić information content (AvgIpc) is 3.64. The summed E-state index contributed by atoms with van der Waals surface area (Å²) in [6.45, 7) is 3.55. The first-order chi connectivity index (χ1) is 15.8. The Morgan fingerprint density at radius 2 is 2.00 bits per heavy atom. The first-order valence-corrected chi connectivity index (χ1v) is 11.1. The molecule has 3 unspecified atom stereocenters. The maximum absolute atomic E-state index is 14.7. The minimum Gasteiger partial charge on any atom is -0.395 e. The summed E-state index contributed by atoms with van der Waals surface area (Å²) in [6.07, 6.45) is 2.07. The maximum Gasteiger partial charge on any atom is 0.251 e. The number of benzene rings is 2. The molecule has 0 saturated heterocycles. The van der Waals surface area contributed by atoms with Gasteiger partial charge in [0, 0.05) is 36.7 Å². The van der Waals surface area contributed by atoms with Crippen LogP contribution in [-0.2, 0) is 4.79 Å². The van der Waals surface area contributed by atoms with Crippen LogP contribution in [0.1, 0.15) is 54.2 Å². The van der Waals surface area contributed by atoms with Gasteiger partial charge >= 0.3 is 0 Å². The van der Waals surface area contributed by atoms with Crippen LogP contribution in [0.3, 0.4) is 0 Å². The van der Waals surface area contributed by atoms with Gasteiger partial charge in [-0.15, -0.1) is 0 Å². The quantitative estimate of drug-likeness (QED) is 0.626. The monoisotopic (exact) mass is 450 g/mol. The molecule has 33 heavy (non-hydrogen) atoms. The average molecular weight is 451 g/mol. The number of rotatable bonds is 6. The van der Waals surface area contributed by atoms with Gasteiger partial charge in [0.05, 0.1) is 30.0 Å². The number of fused-ring (bicyclic) bond motifs is 1. The van der Waals surface area contributed by atoms with E-state index in [1.54, 1.807) is 37.3 Å². The second kappa shape index (κ2) is 9.20. The van der Waals surface area contributed by atoms with Crippen molar-refractivity contribution < 1.29 is 19.1 Å². The Morgan fingerprint density at radius 1 is 1.24 bits per heavy atom. The van der Waals surface area contributed by atoms with Gasteiger partial charge in [-0.3, -0.25) is 9.59 Å². The SMILES string of the molecule is CC(=O)N1c2ccc(C(=O)NCCO)cc2C(Nc2ccc(C#N)cc2F)C(C)C1C1CC1. The predicted molar refractivity (Wildman–Crippen MR) is 122 cm³/mol. The molecule has 1 fully saturated rings. The van der Waals surface area contributed by atoms with Crippen LogP contribution >= 0.6 is 0 Å². The van der Waals surface area contributed by atoms with Crippen molar-refractivity contribution in [3.63, 3.8) is 0 Å². The van der Waals surface area contributed by atoms with Gasteiger partial charge in [0.2, 0.25) is 5.91 Å². The van der Waals surface area contributed by atoms with Crippen molar-refractivity contribution in [3.05, 3.63) is 58.9 Å². The molecule has 2 aromatic rings. The summed E-state index contributed by atoms with van der Waals surface area (Å²) in [5.74, 6) is -0.613. The Hall–Kier alpha value is -3.44. The fraction of sp³-hybridized carbons (Fsp3) is 0.400. The largest absolute Gasteiger partial charge is 0.395 e. The number of nitriles is 1. The lowest BCUT2D eigenvalue weighted by Crippen LogP contribution is -2.51. The van der Waals surface area contributed by atoms with E-state index < -0.39 is 5.82 Å². The van der Waals surface area contributed by atoms with Crippen LogP contribution in [0.25, 0.3) is 0 Å². The van der Waals surface area contributed by atoms with Crippen LogP contribution < -0.4 is 15.5 Å². The molecule has 7 nitrogen and oxygen atoms in total. The topological polar surface area (TPSA) is 105 Å². The van der Waals surface area contributed by atoms with Crippen molar-refractivity contribution >= 4 is 23.2 Å². The van der Waals surface area contributed by atoms with Crippen LogP contribution in [0.15, 0.2) is 36.4 Å².